The van der Waals surface area contributed by atoms with Crippen LogP contribution in [0.15, 0.2) is 70.4 Å². The number of thiazole rings is 1. The third-order valence-electron chi connectivity index (χ3n) is 4.84. The third-order valence-corrected chi connectivity index (χ3v) is 7.57. The summed E-state index contributed by atoms with van der Waals surface area (Å²) >= 11 is 7.28. The first-order valence-electron chi connectivity index (χ1n) is 9.44. The molecule has 0 aliphatic carbocycles. The second kappa shape index (κ2) is 8.42. The molecule has 0 saturated heterocycles. The predicted molar refractivity (Wildman–Crippen MR) is 128 cm³/mol. The fraction of sp³-hybridized carbons (Fsp3) is 0.0909. The Labute approximate surface area is 193 Å². The molecule has 3 aromatic carbocycles. The van der Waals surface area contributed by atoms with Gasteiger partial charge in [0, 0.05) is 18.4 Å². The Morgan fingerprint density at radius 1 is 1.00 bits per heavy atom. The number of aromatic nitrogens is 1. The van der Waals surface area contributed by atoms with E-state index in [1.54, 1.807) is 37.4 Å². The summed E-state index contributed by atoms with van der Waals surface area (Å²) in [5, 5.41) is 2.92. The number of amides is 1. The molecular weight excluding hydrogens is 470 g/mol. The Morgan fingerprint density at radius 3 is 2.41 bits per heavy atom. The molecule has 1 amide bonds. The van der Waals surface area contributed by atoms with Gasteiger partial charge in [-0.2, -0.15) is 0 Å². The van der Waals surface area contributed by atoms with E-state index in [-0.39, 0.29) is 26.0 Å². The molecule has 1 aromatic heterocycles. The smallest absolute Gasteiger partial charge is 0.307 e. The minimum absolute atomic E-state index is 0.0971. The van der Waals surface area contributed by atoms with Crippen molar-refractivity contribution in [3.63, 3.8) is 0 Å². The summed E-state index contributed by atoms with van der Waals surface area (Å²) in [5.41, 5.74) is 2.51. The lowest BCUT2D eigenvalue weighted by molar-refractivity contribution is 0.102. The van der Waals surface area contributed by atoms with Gasteiger partial charge in [-0.15, -0.1) is 0 Å². The molecule has 1 heterocycles. The molecule has 0 bridgehead atoms. The van der Waals surface area contributed by atoms with Crippen LogP contribution in [0.5, 0.6) is 0 Å². The van der Waals surface area contributed by atoms with E-state index in [9.17, 15) is 18.0 Å². The number of hydrogen-bond acceptors (Lipinski definition) is 5. The number of sulfonamides is 1. The normalized spacial score (nSPS) is 11.5. The van der Waals surface area contributed by atoms with Gasteiger partial charge in [-0.1, -0.05) is 40.6 Å². The molecule has 0 aliphatic heterocycles. The summed E-state index contributed by atoms with van der Waals surface area (Å²) in [7, 11) is -2.14. The van der Waals surface area contributed by atoms with E-state index in [0.717, 1.165) is 27.1 Å². The van der Waals surface area contributed by atoms with E-state index in [4.69, 9.17) is 11.6 Å². The molecule has 4 aromatic rings. The number of nitrogens with one attached hydrogen (secondary N) is 2. The molecule has 32 heavy (non-hydrogen) atoms. The fourth-order valence-electron chi connectivity index (χ4n) is 3.10. The van der Waals surface area contributed by atoms with Crippen molar-refractivity contribution in [2.45, 2.75) is 11.8 Å². The molecule has 10 heteroatoms. The number of anilines is 2. The van der Waals surface area contributed by atoms with Crippen molar-refractivity contribution in [3.8, 4) is 0 Å². The van der Waals surface area contributed by atoms with Gasteiger partial charge in [0.1, 0.15) is 0 Å². The molecule has 0 fully saturated rings. The van der Waals surface area contributed by atoms with Crippen molar-refractivity contribution in [1.29, 1.82) is 0 Å². The minimum Gasteiger partial charge on any atom is -0.322 e. The molecule has 0 aliphatic rings. The number of benzene rings is 3. The number of aryl methyl sites for hydroxylation is 2. The van der Waals surface area contributed by atoms with Crippen LogP contribution in [0.3, 0.4) is 0 Å². The van der Waals surface area contributed by atoms with Crippen LogP contribution in [0.2, 0.25) is 5.02 Å². The van der Waals surface area contributed by atoms with Crippen molar-refractivity contribution in [2.75, 3.05) is 10.0 Å². The molecule has 0 spiro atoms. The fourth-order valence-corrected chi connectivity index (χ4v) is 5.28. The molecule has 0 atom stereocenters. The van der Waals surface area contributed by atoms with E-state index in [1.807, 2.05) is 6.92 Å². The highest BCUT2D eigenvalue weighted by molar-refractivity contribution is 7.92. The lowest BCUT2D eigenvalue weighted by Crippen LogP contribution is -2.15. The maximum atomic E-state index is 12.8. The average molecular weight is 488 g/mol. The largest absolute Gasteiger partial charge is 0.322 e. The van der Waals surface area contributed by atoms with Crippen LogP contribution in [0.1, 0.15) is 15.9 Å². The standard InChI is InChI=1S/C22H18ClN3O4S2/c1-13-3-7-16(8-4-13)32(29,30)25-15-5-9-18(23)17(11-15)21(27)24-14-6-10-19-20(12-14)31-22(28)26(19)2/h3-12,25H,1-2H3,(H,24,27). The zero-order valence-corrected chi connectivity index (χ0v) is 19.4. The second-order valence-corrected chi connectivity index (χ2v) is 10.3. The number of halogens is 1. The Hall–Kier alpha value is -3.14. The van der Waals surface area contributed by atoms with Gasteiger partial charge in [0.2, 0.25) is 0 Å². The molecule has 2 N–H and O–H groups in total. The number of rotatable bonds is 5. The zero-order chi connectivity index (χ0) is 23.0. The molecule has 164 valence electrons. The summed E-state index contributed by atoms with van der Waals surface area (Å²) in [5.74, 6) is -0.506. The molecular formula is C22H18ClN3O4S2. The second-order valence-electron chi connectivity index (χ2n) is 7.18. The van der Waals surface area contributed by atoms with Gasteiger partial charge in [0.15, 0.2) is 0 Å². The maximum absolute atomic E-state index is 12.8. The van der Waals surface area contributed by atoms with Gasteiger partial charge in [-0.05, 0) is 55.5 Å². The quantitative estimate of drug-likeness (QED) is 0.429. The van der Waals surface area contributed by atoms with Crippen molar-refractivity contribution in [2.24, 2.45) is 7.05 Å². The van der Waals surface area contributed by atoms with Crippen LogP contribution in [-0.2, 0) is 17.1 Å². The summed E-state index contributed by atoms with van der Waals surface area (Å²) < 4.78 is 30.0. The maximum Gasteiger partial charge on any atom is 0.307 e. The molecule has 0 saturated carbocycles. The van der Waals surface area contributed by atoms with Crippen LogP contribution in [0.25, 0.3) is 10.2 Å². The predicted octanol–water partition coefficient (Wildman–Crippen LogP) is 4.61. The summed E-state index contributed by atoms with van der Waals surface area (Å²) in [6.45, 7) is 1.86. The topological polar surface area (TPSA) is 97.3 Å². The summed E-state index contributed by atoms with van der Waals surface area (Å²) in [4.78, 5) is 24.7. The van der Waals surface area contributed by atoms with Crippen molar-refractivity contribution < 1.29 is 13.2 Å². The molecule has 7 nitrogen and oxygen atoms in total. The lowest BCUT2D eigenvalue weighted by atomic mass is 10.2. The first kappa shape index (κ1) is 22.1. The van der Waals surface area contributed by atoms with Crippen LogP contribution in [0.4, 0.5) is 11.4 Å². The van der Waals surface area contributed by atoms with E-state index >= 15 is 0 Å². The highest BCUT2D eigenvalue weighted by atomic mass is 35.5. The molecule has 0 radical (unpaired) electrons. The van der Waals surface area contributed by atoms with Crippen molar-refractivity contribution in [1.82, 2.24) is 4.57 Å². The molecule has 4 rings (SSSR count). The Morgan fingerprint density at radius 2 is 1.69 bits per heavy atom. The summed E-state index contributed by atoms with van der Waals surface area (Å²) in [6.07, 6.45) is 0. The van der Waals surface area contributed by atoms with Gasteiger partial charge in [-0.3, -0.25) is 14.3 Å². The van der Waals surface area contributed by atoms with Crippen molar-refractivity contribution in [3.05, 3.63) is 86.5 Å². The lowest BCUT2D eigenvalue weighted by Gasteiger charge is -2.12. The first-order valence-corrected chi connectivity index (χ1v) is 12.1. The van der Waals surface area contributed by atoms with Gasteiger partial charge in [0.25, 0.3) is 15.9 Å². The Bertz CT molecular complexity index is 1510. The van der Waals surface area contributed by atoms with Crippen LogP contribution in [0, 0.1) is 6.92 Å². The highest BCUT2D eigenvalue weighted by Gasteiger charge is 2.17. The number of nitrogens with zero attached hydrogens (tertiary/aromatic N) is 1. The third kappa shape index (κ3) is 4.40. The van der Waals surface area contributed by atoms with Crippen molar-refractivity contribution >= 4 is 60.5 Å². The van der Waals surface area contributed by atoms with Gasteiger partial charge >= 0.3 is 4.87 Å². The SMILES string of the molecule is Cc1ccc(S(=O)(=O)Nc2ccc(Cl)c(C(=O)Nc3ccc4c(c3)sc(=O)n4C)c2)cc1. The highest BCUT2D eigenvalue weighted by Crippen LogP contribution is 2.26. The molecule has 0 unspecified atom stereocenters. The number of hydrogen-bond donors (Lipinski definition) is 2. The van der Waals surface area contributed by atoms with Gasteiger partial charge in [0.05, 0.1) is 25.7 Å². The Balaban J connectivity index is 1.59. The first-order chi connectivity index (χ1) is 15.1. The van der Waals surface area contributed by atoms with E-state index < -0.39 is 15.9 Å². The summed E-state index contributed by atoms with van der Waals surface area (Å²) in [6, 6.07) is 15.9. The average Bonchev–Trinajstić information content (AvgIpc) is 3.02. The van der Waals surface area contributed by atoms with E-state index in [2.05, 4.69) is 10.0 Å². The monoisotopic (exact) mass is 487 g/mol. The zero-order valence-electron chi connectivity index (χ0n) is 17.0. The van der Waals surface area contributed by atoms with E-state index in [1.165, 1.54) is 34.9 Å². The van der Waals surface area contributed by atoms with Gasteiger partial charge < -0.3 is 9.88 Å². The number of fused-ring (bicyclic) bond motifs is 1. The van der Waals surface area contributed by atoms with Crippen LogP contribution < -0.4 is 14.9 Å². The number of carbonyl (C=O) groups excluding carboxylic acids is 1. The van der Waals surface area contributed by atoms with Gasteiger partial charge in [-0.25, -0.2) is 8.42 Å². The Kier molecular flexibility index (Phi) is 5.81. The van der Waals surface area contributed by atoms with Crippen LogP contribution in [-0.4, -0.2) is 18.9 Å². The van der Waals surface area contributed by atoms with E-state index in [0.29, 0.717) is 5.69 Å². The minimum atomic E-state index is -3.83. The van der Waals surface area contributed by atoms with Crippen LogP contribution >= 0.6 is 22.9 Å². The number of carbonyl (C=O) groups is 1.